The second-order valence-electron chi connectivity index (χ2n) is 8.78. The Morgan fingerprint density at radius 3 is 2.29 bits per heavy atom. The number of nitrogens with zero attached hydrogens (tertiary/aromatic N) is 4. The van der Waals surface area contributed by atoms with Gasteiger partial charge in [-0.1, -0.05) is 30.3 Å². The van der Waals surface area contributed by atoms with E-state index >= 15 is 0 Å². The molecule has 1 aromatic carbocycles. The van der Waals surface area contributed by atoms with E-state index in [1.165, 1.54) is 42.6 Å². The van der Waals surface area contributed by atoms with E-state index in [9.17, 15) is 36.2 Å². The van der Waals surface area contributed by atoms with Gasteiger partial charge in [0.05, 0.1) is 18.0 Å². The lowest BCUT2D eigenvalue weighted by Gasteiger charge is -2.36. The summed E-state index contributed by atoms with van der Waals surface area (Å²) in [5.41, 5.74) is -2.69. The van der Waals surface area contributed by atoms with E-state index in [0.717, 1.165) is 12.1 Å². The molecule has 0 radical (unpaired) electrons. The zero-order valence-electron chi connectivity index (χ0n) is 19.3. The number of aliphatic hydroxyl groups is 1. The molecule has 13 heteroatoms. The van der Waals surface area contributed by atoms with E-state index in [1.54, 1.807) is 11.0 Å². The van der Waals surface area contributed by atoms with Gasteiger partial charge in [-0.05, 0) is 35.9 Å². The largest absolute Gasteiger partial charge is 0.433 e. The Balaban J connectivity index is 1.59. The number of β-amino-alcohol motifs (C(OH)–C–C–N with tert-alkyl or cyclic N) is 1. The molecule has 1 aliphatic rings. The molecule has 1 unspecified atom stereocenters. The van der Waals surface area contributed by atoms with Gasteiger partial charge in [0.25, 0.3) is 5.91 Å². The van der Waals surface area contributed by atoms with E-state index < -0.39 is 47.4 Å². The molecule has 0 saturated carbocycles. The minimum atomic E-state index is -4.98. The molecule has 1 saturated heterocycles. The molecule has 1 aliphatic heterocycles. The molecule has 1 fully saturated rings. The molecule has 4 aromatic rings. The number of rotatable bonds is 5. The topological polar surface area (TPSA) is 83.3 Å². The molecular weight excluding hydrogens is 516 g/mol. The number of amides is 1. The summed E-state index contributed by atoms with van der Waals surface area (Å²) in [7, 11) is 0. The summed E-state index contributed by atoms with van der Waals surface area (Å²) in [6.45, 7) is 0.786. The van der Waals surface area contributed by atoms with Gasteiger partial charge in [0, 0.05) is 18.5 Å². The van der Waals surface area contributed by atoms with Gasteiger partial charge < -0.3 is 19.9 Å². The summed E-state index contributed by atoms with van der Waals surface area (Å²) >= 11 is 0. The highest BCUT2D eigenvalue weighted by molar-refractivity contribution is 6.06. The summed E-state index contributed by atoms with van der Waals surface area (Å²) in [6, 6.07) is 9.83. The second-order valence-corrected chi connectivity index (χ2v) is 8.78. The standard InChI is InChI=1S/C25H19F6N5O2/c26-24(27,28)19-8-6-15-10-18(23(38)33-16-7-9-20(32-11-16)35-12-17(37)13-35)36(22(15)34-19)21(25(29,30)31)14-4-2-1-3-5-14/h1-11,17,21,37H,12-13H2,(H,33,38). The first-order chi connectivity index (χ1) is 17.9. The number of carbonyl (C=O) groups excluding carboxylic acids is 1. The Kier molecular flexibility index (Phi) is 6.25. The molecule has 3 aromatic heterocycles. The van der Waals surface area contributed by atoms with E-state index in [2.05, 4.69) is 15.3 Å². The lowest BCUT2D eigenvalue weighted by Crippen LogP contribution is -2.51. The number of hydrogen-bond donors (Lipinski definition) is 2. The number of alkyl halides is 6. The van der Waals surface area contributed by atoms with E-state index in [0.29, 0.717) is 29.5 Å². The molecule has 1 amide bonds. The summed E-state index contributed by atoms with van der Waals surface area (Å²) < 4.78 is 84.0. The van der Waals surface area contributed by atoms with E-state index in [-0.39, 0.29) is 16.6 Å². The SMILES string of the molecule is O=C(Nc1ccc(N2CC(O)C2)nc1)c1cc2ccc(C(F)(F)F)nc2n1C(c1ccccc1)C(F)(F)F. The Hall–Kier alpha value is -4.13. The van der Waals surface area contributed by atoms with Crippen molar-refractivity contribution in [2.75, 3.05) is 23.3 Å². The Labute approximate surface area is 211 Å². The predicted molar refractivity (Wildman–Crippen MR) is 126 cm³/mol. The van der Waals surface area contributed by atoms with Gasteiger partial charge in [0.1, 0.15) is 22.9 Å². The Morgan fingerprint density at radius 1 is 1.00 bits per heavy atom. The number of aromatic nitrogens is 3. The van der Waals surface area contributed by atoms with Crippen LogP contribution >= 0.6 is 0 Å². The van der Waals surface area contributed by atoms with Crippen LogP contribution < -0.4 is 10.2 Å². The molecule has 0 bridgehead atoms. The molecule has 5 rings (SSSR count). The van der Waals surface area contributed by atoms with Crippen LogP contribution in [0.15, 0.2) is 66.9 Å². The zero-order chi connectivity index (χ0) is 27.2. The number of carbonyl (C=O) groups is 1. The van der Waals surface area contributed by atoms with Crippen LogP contribution in [0.2, 0.25) is 0 Å². The number of anilines is 2. The van der Waals surface area contributed by atoms with Gasteiger partial charge in [0.15, 0.2) is 6.04 Å². The van der Waals surface area contributed by atoms with Crippen LogP contribution in [-0.2, 0) is 6.18 Å². The van der Waals surface area contributed by atoms with Crippen molar-refractivity contribution in [2.24, 2.45) is 0 Å². The Bertz CT molecular complexity index is 1460. The van der Waals surface area contributed by atoms with Crippen LogP contribution in [0.5, 0.6) is 0 Å². The van der Waals surface area contributed by atoms with Crippen LogP contribution in [0.4, 0.5) is 37.8 Å². The third kappa shape index (κ3) is 4.88. The van der Waals surface area contributed by atoms with E-state index in [4.69, 9.17) is 0 Å². The third-order valence-electron chi connectivity index (χ3n) is 6.08. The number of aliphatic hydroxyl groups excluding tert-OH is 1. The van der Waals surface area contributed by atoms with Gasteiger partial charge in [-0.25, -0.2) is 9.97 Å². The van der Waals surface area contributed by atoms with Crippen molar-refractivity contribution >= 4 is 28.4 Å². The van der Waals surface area contributed by atoms with Crippen molar-refractivity contribution in [3.05, 3.63) is 83.8 Å². The molecular formula is C25H19F6N5O2. The lowest BCUT2D eigenvalue weighted by molar-refractivity contribution is -0.156. The smallest absolute Gasteiger partial charge is 0.389 e. The highest BCUT2D eigenvalue weighted by Gasteiger charge is 2.45. The summed E-state index contributed by atoms with van der Waals surface area (Å²) in [5.74, 6) is -0.455. The summed E-state index contributed by atoms with van der Waals surface area (Å²) in [6.07, 6.45) is -9.06. The van der Waals surface area contributed by atoms with Crippen molar-refractivity contribution in [1.82, 2.24) is 14.5 Å². The maximum absolute atomic E-state index is 14.5. The monoisotopic (exact) mass is 535 g/mol. The molecule has 4 heterocycles. The van der Waals surface area contributed by atoms with Gasteiger partial charge in [0.2, 0.25) is 0 Å². The number of benzene rings is 1. The number of fused-ring (bicyclic) bond motifs is 1. The average molecular weight is 535 g/mol. The van der Waals surface area contributed by atoms with Gasteiger partial charge in [-0.2, -0.15) is 26.3 Å². The molecule has 7 nitrogen and oxygen atoms in total. The number of hydrogen-bond acceptors (Lipinski definition) is 5. The quantitative estimate of drug-likeness (QED) is 0.350. The number of pyridine rings is 2. The van der Waals surface area contributed by atoms with Gasteiger partial charge in [-0.15, -0.1) is 0 Å². The molecule has 0 spiro atoms. The maximum atomic E-state index is 14.5. The summed E-state index contributed by atoms with van der Waals surface area (Å²) in [4.78, 5) is 22.7. The van der Waals surface area contributed by atoms with Crippen molar-refractivity contribution in [2.45, 2.75) is 24.5 Å². The highest BCUT2D eigenvalue weighted by atomic mass is 19.4. The number of nitrogens with one attached hydrogen (secondary N) is 1. The molecule has 0 aliphatic carbocycles. The van der Waals surface area contributed by atoms with Crippen molar-refractivity contribution in [3.8, 4) is 0 Å². The fraction of sp³-hybridized carbons (Fsp3) is 0.240. The normalized spacial score (nSPS) is 15.4. The fourth-order valence-corrected chi connectivity index (χ4v) is 4.29. The van der Waals surface area contributed by atoms with Crippen LogP contribution in [0.25, 0.3) is 11.0 Å². The average Bonchev–Trinajstić information content (AvgIpc) is 3.20. The van der Waals surface area contributed by atoms with Crippen molar-refractivity contribution in [3.63, 3.8) is 0 Å². The van der Waals surface area contributed by atoms with Crippen LogP contribution in [-0.4, -0.2) is 50.9 Å². The van der Waals surface area contributed by atoms with Crippen LogP contribution in [0.3, 0.4) is 0 Å². The predicted octanol–water partition coefficient (Wildman–Crippen LogP) is 5.04. The molecule has 1 atom stereocenters. The lowest BCUT2D eigenvalue weighted by atomic mass is 10.1. The van der Waals surface area contributed by atoms with Crippen LogP contribution in [0.1, 0.15) is 27.8 Å². The first-order valence-corrected chi connectivity index (χ1v) is 11.3. The van der Waals surface area contributed by atoms with Crippen molar-refractivity contribution in [1.29, 1.82) is 0 Å². The summed E-state index contributed by atoms with van der Waals surface area (Å²) in [5, 5.41) is 11.8. The van der Waals surface area contributed by atoms with Gasteiger partial charge in [-0.3, -0.25) is 4.79 Å². The highest BCUT2D eigenvalue weighted by Crippen LogP contribution is 2.40. The first-order valence-electron chi connectivity index (χ1n) is 11.3. The van der Waals surface area contributed by atoms with Crippen molar-refractivity contribution < 1.29 is 36.2 Å². The molecule has 198 valence electrons. The number of halogens is 6. The first kappa shape index (κ1) is 25.5. The molecule has 2 N–H and O–H groups in total. The minimum Gasteiger partial charge on any atom is -0.389 e. The maximum Gasteiger partial charge on any atom is 0.433 e. The van der Waals surface area contributed by atoms with Gasteiger partial charge >= 0.3 is 12.4 Å². The van der Waals surface area contributed by atoms with Crippen LogP contribution in [0, 0.1) is 0 Å². The van der Waals surface area contributed by atoms with E-state index in [1.807, 2.05) is 0 Å². The molecule has 38 heavy (non-hydrogen) atoms. The minimum absolute atomic E-state index is 0.0712. The fourth-order valence-electron chi connectivity index (χ4n) is 4.29. The second kappa shape index (κ2) is 9.31. The Morgan fingerprint density at radius 2 is 1.71 bits per heavy atom. The zero-order valence-corrected chi connectivity index (χ0v) is 19.3. The third-order valence-corrected chi connectivity index (χ3v) is 6.08.